The first-order chi connectivity index (χ1) is 3.21. The normalized spacial score (nSPS) is 28.3. The minimum Gasteiger partial charge on any atom is -0.166 e. The molecule has 1 saturated heterocycles. The monoisotopic (exact) mass is 104 g/mol. The Bertz CT molecular complexity index is 64.1. The lowest BCUT2D eigenvalue weighted by molar-refractivity contribution is -1.20. The highest BCUT2D eigenvalue weighted by Crippen LogP contribution is 2.06. The van der Waals surface area contributed by atoms with Gasteiger partial charge in [-0.05, 0) is 4.81 Å². The summed E-state index contributed by atoms with van der Waals surface area (Å²) in [7, 11) is 3.71. The van der Waals surface area contributed by atoms with Gasteiger partial charge >= 0.3 is 0 Å². The van der Waals surface area contributed by atoms with E-state index in [1.54, 1.807) is 0 Å². The number of rotatable bonds is 0. The van der Waals surface area contributed by atoms with Crippen molar-refractivity contribution < 1.29 is 14.5 Å². The molecule has 1 heterocycles. The number of hydroxylamine groups is 4. The molecular formula is C4H10NO2+. The van der Waals surface area contributed by atoms with Gasteiger partial charge in [-0.2, -0.15) is 9.68 Å². The Balaban J connectivity index is 2.40. The van der Waals surface area contributed by atoms with Crippen LogP contribution in [-0.2, 0) is 9.68 Å². The van der Waals surface area contributed by atoms with Crippen LogP contribution < -0.4 is 0 Å². The van der Waals surface area contributed by atoms with E-state index in [0.717, 1.165) is 0 Å². The molecule has 0 unspecified atom stereocenters. The van der Waals surface area contributed by atoms with Crippen LogP contribution >= 0.6 is 0 Å². The quantitative estimate of drug-likeness (QED) is 0.401. The summed E-state index contributed by atoms with van der Waals surface area (Å²) in [5.41, 5.74) is 0. The molecule has 1 rings (SSSR count). The van der Waals surface area contributed by atoms with Gasteiger partial charge in [-0.1, -0.05) is 0 Å². The summed E-state index contributed by atoms with van der Waals surface area (Å²) in [4.78, 5) is 10.4. The van der Waals surface area contributed by atoms with Gasteiger partial charge in [0.05, 0.1) is 0 Å². The SMILES string of the molecule is C[N+]1(C)OCCO1. The molecule has 0 spiro atoms. The topological polar surface area (TPSA) is 18.5 Å². The fraction of sp³-hybridized carbons (Fsp3) is 1.00. The zero-order valence-electron chi connectivity index (χ0n) is 4.68. The second-order valence-electron chi connectivity index (χ2n) is 1.92. The summed E-state index contributed by atoms with van der Waals surface area (Å²) < 4.78 is 0. The largest absolute Gasteiger partial charge is 0.166 e. The van der Waals surface area contributed by atoms with E-state index in [1.807, 2.05) is 14.1 Å². The van der Waals surface area contributed by atoms with E-state index < -0.39 is 0 Å². The number of nitrogens with zero attached hydrogens (tertiary/aromatic N) is 1. The molecule has 0 bridgehead atoms. The van der Waals surface area contributed by atoms with Crippen molar-refractivity contribution in [1.29, 1.82) is 0 Å². The van der Waals surface area contributed by atoms with E-state index in [0.29, 0.717) is 13.2 Å². The van der Waals surface area contributed by atoms with E-state index in [1.165, 1.54) is 0 Å². The highest BCUT2D eigenvalue weighted by atomic mass is 17.0. The van der Waals surface area contributed by atoms with Gasteiger partial charge in [0.1, 0.15) is 27.3 Å². The van der Waals surface area contributed by atoms with E-state index in [9.17, 15) is 0 Å². The first-order valence-corrected chi connectivity index (χ1v) is 2.34. The third-order valence-corrected chi connectivity index (χ3v) is 0.888. The number of quaternary nitrogens is 1. The van der Waals surface area contributed by atoms with Crippen LogP contribution in [0.1, 0.15) is 0 Å². The third kappa shape index (κ3) is 1.12. The van der Waals surface area contributed by atoms with Gasteiger partial charge in [0, 0.05) is 0 Å². The predicted octanol–water partition coefficient (Wildman–Crippen LogP) is -0.0604. The molecule has 1 aliphatic rings. The van der Waals surface area contributed by atoms with Crippen molar-refractivity contribution in [2.75, 3.05) is 27.3 Å². The predicted molar refractivity (Wildman–Crippen MR) is 24.0 cm³/mol. The maximum atomic E-state index is 5.06. The molecule has 3 heteroatoms. The Morgan fingerprint density at radius 3 is 1.71 bits per heavy atom. The molecule has 0 aromatic carbocycles. The summed E-state index contributed by atoms with van der Waals surface area (Å²) >= 11 is 0. The number of hydrogen-bond acceptors (Lipinski definition) is 2. The third-order valence-electron chi connectivity index (χ3n) is 0.888. The van der Waals surface area contributed by atoms with Crippen LogP contribution in [0.3, 0.4) is 0 Å². The summed E-state index contributed by atoms with van der Waals surface area (Å²) in [5, 5.41) is 0. The van der Waals surface area contributed by atoms with Gasteiger partial charge in [0.25, 0.3) is 0 Å². The molecule has 7 heavy (non-hydrogen) atoms. The Labute approximate surface area is 42.9 Å². The summed E-state index contributed by atoms with van der Waals surface area (Å²) in [5.74, 6) is 0. The zero-order chi connectivity index (χ0) is 5.33. The van der Waals surface area contributed by atoms with Gasteiger partial charge in [0.2, 0.25) is 0 Å². The molecule has 0 aliphatic carbocycles. The molecule has 42 valence electrons. The standard InChI is InChI=1S/C4H10NO2/c1-5(2)6-3-4-7-5/h3-4H2,1-2H3/q+1. The molecule has 0 saturated carbocycles. The van der Waals surface area contributed by atoms with Crippen molar-refractivity contribution in [3.05, 3.63) is 0 Å². The first-order valence-electron chi connectivity index (χ1n) is 2.34. The van der Waals surface area contributed by atoms with Crippen molar-refractivity contribution in [3.8, 4) is 0 Å². The molecule has 0 radical (unpaired) electrons. The molecule has 1 fully saturated rings. The number of hydrogen-bond donors (Lipinski definition) is 0. The molecule has 0 aromatic rings. The molecule has 0 N–H and O–H groups in total. The smallest absolute Gasteiger partial charge is 0.140 e. The second kappa shape index (κ2) is 1.43. The second-order valence-corrected chi connectivity index (χ2v) is 1.92. The van der Waals surface area contributed by atoms with Crippen molar-refractivity contribution >= 4 is 0 Å². The van der Waals surface area contributed by atoms with Crippen LogP contribution in [0.2, 0.25) is 0 Å². The van der Waals surface area contributed by atoms with Gasteiger partial charge in [-0.3, -0.25) is 0 Å². The Kier molecular flexibility index (Phi) is 1.03. The van der Waals surface area contributed by atoms with Crippen molar-refractivity contribution in [1.82, 2.24) is 0 Å². The molecule has 0 aromatic heterocycles. The fourth-order valence-electron chi connectivity index (χ4n) is 0.551. The zero-order valence-corrected chi connectivity index (χ0v) is 4.68. The van der Waals surface area contributed by atoms with Crippen LogP contribution in [0.15, 0.2) is 0 Å². The lowest BCUT2D eigenvalue weighted by atomic mass is 10.8. The van der Waals surface area contributed by atoms with E-state index in [4.69, 9.17) is 9.68 Å². The summed E-state index contributed by atoms with van der Waals surface area (Å²) in [6.45, 7) is 1.43. The van der Waals surface area contributed by atoms with E-state index >= 15 is 0 Å². The van der Waals surface area contributed by atoms with E-state index in [-0.39, 0.29) is 4.81 Å². The molecule has 0 atom stereocenters. The van der Waals surface area contributed by atoms with Crippen LogP contribution in [-0.4, -0.2) is 32.1 Å². The highest BCUT2D eigenvalue weighted by molar-refractivity contribution is 4.19. The lowest BCUT2D eigenvalue weighted by Gasteiger charge is -2.13. The highest BCUT2D eigenvalue weighted by Gasteiger charge is 2.24. The maximum Gasteiger partial charge on any atom is 0.140 e. The average Bonchev–Trinajstić information content (AvgIpc) is 1.84. The van der Waals surface area contributed by atoms with Crippen LogP contribution in [0, 0.1) is 0 Å². The summed E-state index contributed by atoms with van der Waals surface area (Å²) in [6.07, 6.45) is 0. The fourth-order valence-corrected chi connectivity index (χ4v) is 0.551. The Morgan fingerprint density at radius 1 is 1.14 bits per heavy atom. The van der Waals surface area contributed by atoms with Gasteiger partial charge < -0.3 is 0 Å². The van der Waals surface area contributed by atoms with Crippen LogP contribution in [0.25, 0.3) is 0 Å². The first kappa shape index (κ1) is 5.03. The van der Waals surface area contributed by atoms with Crippen LogP contribution in [0.4, 0.5) is 0 Å². The van der Waals surface area contributed by atoms with Crippen LogP contribution in [0.5, 0.6) is 0 Å². The summed E-state index contributed by atoms with van der Waals surface area (Å²) in [6, 6.07) is 0. The minimum absolute atomic E-state index is 0.250. The molecule has 1 aliphatic heterocycles. The Hall–Kier alpha value is -0.120. The van der Waals surface area contributed by atoms with Gasteiger partial charge in [-0.15, -0.1) is 0 Å². The van der Waals surface area contributed by atoms with Gasteiger partial charge in [-0.25, -0.2) is 0 Å². The van der Waals surface area contributed by atoms with Gasteiger partial charge in [0.15, 0.2) is 0 Å². The maximum absolute atomic E-state index is 5.06. The average molecular weight is 104 g/mol. The minimum atomic E-state index is 0.250. The van der Waals surface area contributed by atoms with Crippen molar-refractivity contribution in [2.24, 2.45) is 0 Å². The van der Waals surface area contributed by atoms with Crippen molar-refractivity contribution in [3.63, 3.8) is 0 Å². The molecular weight excluding hydrogens is 94.0 g/mol. The van der Waals surface area contributed by atoms with Crippen molar-refractivity contribution in [2.45, 2.75) is 0 Å². The molecule has 3 nitrogen and oxygen atoms in total. The van der Waals surface area contributed by atoms with E-state index in [2.05, 4.69) is 0 Å². The molecule has 0 amide bonds. The Morgan fingerprint density at radius 2 is 1.57 bits per heavy atom. The lowest BCUT2D eigenvalue weighted by Crippen LogP contribution is -2.32.